The molecule has 0 saturated heterocycles. The topological polar surface area (TPSA) is 69.8 Å². The molecule has 0 N–H and O–H groups in total. The quantitative estimate of drug-likeness (QED) is 0.482. The number of carbonyl (C=O) groups excluding carboxylic acids is 1. The van der Waals surface area contributed by atoms with Crippen molar-refractivity contribution in [2.45, 2.75) is 0 Å². The highest BCUT2D eigenvalue weighted by atomic mass is 35.5. The summed E-state index contributed by atoms with van der Waals surface area (Å²) in [4.78, 5) is 24.7. The molecule has 2 aromatic heterocycles. The average Bonchev–Trinajstić information content (AvgIpc) is 3.24. The molecule has 0 bridgehead atoms. The van der Waals surface area contributed by atoms with E-state index in [0.717, 1.165) is 11.3 Å². The van der Waals surface area contributed by atoms with Crippen LogP contribution in [0.1, 0.15) is 10.4 Å². The van der Waals surface area contributed by atoms with Crippen molar-refractivity contribution in [1.29, 1.82) is 0 Å². The van der Waals surface area contributed by atoms with Gasteiger partial charge in [-0.25, -0.2) is 9.36 Å². The molecule has 0 unspecified atom stereocenters. The second kappa shape index (κ2) is 8.08. The molecule has 2 aromatic carbocycles. The molecule has 0 fully saturated rings. The molecule has 4 rings (SSSR count). The summed E-state index contributed by atoms with van der Waals surface area (Å²) >= 11 is 5.92. The maximum atomic E-state index is 12.4. The van der Waals surface area contributed by atoms with E-state index in [1.807, 2.05) is 30.3 Å². The first kappa shape index (κ1) is 18.6. The summed E-state index contributed by atoms with van der Waals surface area (Å²) in [5.74, 6) is -0.325. The van der Waals surface area contributed by atoms with Crippen LogP contribution in [0.3, 0.4) is 0 Å². The molecule has 0 saturated carbocycles. The largest absolute Gasteiger partial charge is 0.287 e. The van der Waals surface area contributed by atoms with Crippen molar-refractivity contribution in [2.24, 2.45) is 0 Å². The van der Waals surface area contributed by atoms with Crippen LogP contribution in [0.15, 0.2) is 90.0 Å². The lowest BCUT2D eigenvalue weighted by Crippen LogP contribution is -2.14. The molecule has 0 atom stereocenters. The maximum Gasteiger partial charge on any atom is 0.270 e. The van der Waals surface area contributed by atoms with Crippen molar-refractivity contribution in [3.8, 4) is 17.1 Å². The zero-order valence-electron chi connectivity index (χ0n) is 15.1. The van der Waals surface area contributed by atoms with Crippen LogP contribution in [0.25, 0.3) is 23.2 Å². The standard InChI is InChI=1S/C22H15ClN4O2/c23-17-7-9-18(10-8-17)26-15-13-20(28)22(25-26)19-12-14-27(24-19)21(29)11-6-16-4-2-1-3-5-16/h1-15H/b11-6+. The van der Waals surface area contributed by atoms with Crippen molar-refractivity contribution in [3.63, 3.8) is 0 Å². The van der Waals surface area contributed by atoms with Gasteiger partial charge in [-0.3, -0.25) is 9.59 Å². The fraction of sp³-hybridized carbons (Fsp3) is 0. The summed E-state index contributed by atoms with van der Waals surface area (Å²) in [5, 5.41) is 9.19. The number of nitrogens with zero attached hydrogens (tertiary/aromatic N) is 4. The Labute approximate surface area is 171 Å². The molecule has 0 radical (unpaired) electrons. The normalized spacial score (nSPS) is 11.1. The van der Waals surface area contributed by atoms with Crippen LogP contribution in [0.5, 0.6) is 0 Å². The Hall–Kier alpha value is -3.77. The molecule has 6 nitrogen and oxygen atoms in total. The van der Waals surface area contributed by atoms with E-state index >= 15 is 0 Å². The number of allylic oxidation sites excluding steroid dienone is 1. The lowest BCUT2D eigenvalue weighted by molar-refractivity contribution is 0.0955. The van der Waals surface area contributed by atoms with E-state index in [0.29, 0.717) is 10.7 Å². The van der Waals surface area contributed by atoms with Gasteiger partial charge in [-0.05, 0) is 42.0 Å². The van der Waals surface area contributed by atoms with Crippen LogP contribution in [-0.4, -0.2) is 25.5 Å². The number of halogens is 1. The van der Waals surface area contributed by atoms with Crippen molar-refractivity contribution in [1.82, 2.24) is 19.6 Å². The Balaban J connectivity index is 1.61. The zero-order chi connectivity index (χ0) is 20.2. The molecule has 0 aliphatic heterocycles. The molecular weight excluding hydrogens is 388 g/mol. The molecule has 0 spiro atoms. The third-order valence-corrected chi connectivity index (χ3v) is 4.43. The number of carbonyl (C=O) groups is 1. The van der Waals surface area contributed by atoms with E-state index in [2.05, 4.69) is 10.2 Å². The first-order valence-corrected chi connectivity index (χ1v) is 9.17. The van der Waals surface area contributed by atoms with Crippen molar-refractivity contribution >= 4 is 23.6 Å². The van der Waals surface area contributed by atoms with Gasteiger partial charge in [0.2, 0.25) is 5.43 Å². The molecule has 4 aromatic rings. The van der Waals surface area contributed by atoms with Gasteiger partial charge in [0.1, 0.15) is 5.69 Å². The summed E-state index contributed by atoms with van der Waals surface area (Å²) in [6.45, 7) is 0. The fourth-order valence-electron chi connectivity index (χ4n) is 2.70. The van der Waals surface area contributed by atoms with E-state index in [4.69, 9.17) is 11.6 Å². The first-order chi connectivity index (χ1) is 14.1. The molecule has 7 heteroatoms. The van der Waals surface area contributed by atoms with Crippen LogP contribution in [0.2, 0.25) is 5.02 Å². The van der Waals surface area contributed by atoms with Crippen LogP contribution < -0.4 is 5.43 Å². The van der Waals surface area contributed by atoms with Gasteiger partial charge in [0.05, 0.1) is 5.69 Å². The molecular formula is C22H15ClN4O2. The highest BCUT2D eigenvalue weighted by Gasteiger charge is 2.12. The van der Waals surface area contributed by atoms with E-state index in [1.54, 1.807) is 47.3 Å². The Kier molecular flexibility index (Phi) is 5.18. The minimum Gasteiger partial charge on any atom is -0.287 e. The number of benzene rings is 2. The Morgan fingerprint density at radius 1 is 0.897 bits per heavy atom. The van der Waals surface area contributed by atoms with E-state index in [-0.39, 0.29) is 17.0 Å². The Morgan fingerprint density at radius 2 is 1.66 bits per heavy atom. The van der Waals surface area contributed by atoms with E-state index in [1.165, 1.54) is 23.0 Å². The van der Waals surface area contributed by atoms with Gasteiger partial charge in [0.25, 0.3) is 5.91 Å². The molecule has 0 aliphatic carbocycles. The second-order valence-electron chi connectivity index (χ2n) is 6.18. The Bertz CT molecular complexity index is 1240. The van der Waals surface area contributed by atoms with Crippen LogP contribution in [-0.2, 0) is 0 Å². The molecule has 2 heterocycles. The molecule has 0 aliphatic rings. The zero-order valence-corrected chi connectivity index (χ0v) is 15.9. The van der Waals surface area contributed by atoms with E-state index < -0.39 is 0 Å². The van der Waals surface area contributed by atoms with Gasteiger partial charge in [0.15, 0.2) is 5.69 Å². The van der Waals surface area contributed by atoms with Crippen molar-refractivity contribution < 1.29 is 4.79 Å². The highest BCUT2D eigenvalue weighted by Crippen LogP contribution is 2.14. The second-order valence-corrected chi connectivity index (χ2v) is 6.61. The maximum absolute atomic E-state index is 12.4. The average molecular weight is 403 g/mol. The third-order valence-electron chi connectivity index (χ3n) is 4.17. The van der Waals surface area contributed by atoms with Gasteiger partial charge in [-0.2, -0.15) is 10.2 Å². The van der Waals surface area contributed by atoms with Crippen LogP contribution in [0, 0.1) is 0 Å². The number of hydrogen-bond acceptors (Lipinski definition) is 4. The fourth-order valence-corrected chi connectivity index (χ4v) is 2.83. The summed E-state index contributed by atoms with van der Waals surface area (Å²) in [6, 6.07) is 19.5. The molecule has 0 amide bonds. The van der Waals surface area contributed by atoms with Gasteiger partial charge in [-0.1, -0.05) is 41.9 Å². The molecule has 29 heavy (non-hydrogen) atoms. The van der Waals surface area contributed by atoms with Gasteiger partial charge in [-0.15, -0.1) is 0 Å². The molecule has 142 valence electrons. The predicted octanol–water partition coefficient (Wildman–Crippen LogP) is 4.10. The Morgan fingerprint density at radius 3 is 2.41 bits per heavy atom. The highest BCUT2D eigenvalue weighted by molar-refractivity contribution is 6.30. The predicted molar refractivity (Wildman–Crippen MR) is 112 cm³/mol. The van der Waals surface area contributed by atoms with Gasteiger partial charge in [0, 0.05) is 29.6 Å². The smallest absolute Gasteiger partial charge is 0.270 e. The summed E-state index contributed by atoms with van der Waals surface area (Å²) < 4.78 is 2.73. The summed E-state index contributed by atoms with van der Waals surface area (Å²) in [7, 11) is 0. The monoisotopic (exact) mass is 402 g/mol. The lowest BCUT2D eigenvalue weighted by Gasteiger charge is -2.06. The lowest BCUT2D eigenvalue weighted by atomic mass is 10.2. The third kappa shape index (κ3) is 4.23. The first-order valence-electron chi connectivity index (χ1n) is 8.79. The van der Waals surface area contributed by atoms with Crippen LogP contribution >= 0.6 is 11.6 Å². The summed E-state index contributed by atoms with van der Waals surface area (Å²) in [5.41, 5.74) is 1.84. The SMILES string of the molecule is O=C(/C=C/c1ccccc1)n1ccc(-c2nn(-c3ccc(Cl)cc3)ccc2=O)n1. The van der Waals surface area contributed by atoms with Crippen LogP contribution in [0.4, 0.5) is 0 Å². The number of rotatable bonds is 4. The minimum atomic E-state index is -0.325. The van der Waals surface area contributed by atoms with Crippen molar-refractivity contribution in [3.05, 3.63) is 106 Å². The summed E-state index contributed by atoms with van der Waals surface area (Å²) in [6.07, 6.45) is 6.21. The van der Waals surface area contributed by atoms with E-state index in [9.17, 15) is 9.59 Å². The number of hydrogen-bond donors (Lipinski definition) is 0. The number of aromatic nitrogens is 4. The van der Waals surface area contributed by atoms with Gasteiger partial charge >= 0.3 is 0 Å². The van der Waals surface area contributed by atoms with Crippen molar-refractivity contribution in [2.75, 3.05) is 0 Å². The minimum absolute atomic E-state index is 0.154. The van der Waals surface area contributed by atoms with Gasteiger partial charge < -0.3 is 0 Å².